The number of benzene rings is 1. The summed E-state index contributed by atoms with van der Waals surface area (Å²) < 4.78 is 16.8. The van der Waals surface area contributed by atoms with Gasteiger partial charge in [0.25, 0.3) is 0 Å². The summed E-state index contributed by atoms with van der Waals surface area (Å²) in [7, 11) is 0. The van der Waals surface area contributed by atoms with Crippen LogP contribution in [0.2, 0.25) is 0 Å². The number of para-hydroxylation sites is 1. The van der Waals surface area contributed by atoms with Gasteiger partial charge < -0.3 is 0 Å². The molecule has 1 aromatic carbocycles. The van der Waals surface area contributed by atoms with Gasteiger partial charge in [0.1, 0.15) is 0 Å². The molecule has 0 N–H and O–H groups in total. The fraction of sp³-hybridized carbons (Fsp3) is 0. The molecule has 0 saturated heterocycles. The molecule has 2 rings (SSSR count). The van der Waals surface area contributed by atoms with Crippen LogP contribution in [-0.2, 0) is 3.07 Å². The molecule has 56 valence electrons. The SMILES string of the molecule is C#Cc1cccc2c1O[IH]2=O. The molecule has 0 amide bonds. The van der Waals surface area contributed by atoms with Crippen molar-refractivity contribution in [3.63, 3.8) is 0 Å². The second kappa shape index (κ2) is 2.31. The minimum atomic E-state index is -2.53. The average molecular weight is 260 g/mol. The van der Waals surface area contributed by atoms with Crippen molar-refractivity contribution in [1.82, 2.24) is 0 Å². The molecule has 3 heteroatoms. The molecule has 1 aliphatic rings. The number of rotatable bonds is 0. The van der Waals surface area contributed by atoms with Crippen LogP contribution in [0.3, 0.4) is 0 Å². The Balaban J connectivity index is 2.66. The molecule has 0 bridgehead atoms. The molecule has 1 atom stereocenters. The van der Waals surface area contributed by atoms with Crippen LogP contribution in [0.1, 0.15) is 5.56 Å². The van der Waals surface area contributed by atoms with Gasteiger partial charge >= 0.3 is 71.8 Å². The van der Waals surface area contributed by atoms with Gasteiger partial charge in [0.05, 0.1) is 0 Å². The third-order valence-electron chi connectivity index (χ3n) is 1.47. The first-order valence-electron chi connectivity index (χ1n) is 3.02. The summed E-state index contributed by atoms with van der Waals surface area (Å²) >= 11 is -2.53. The van der Waals surface area contributed by atoms with Crippen molar-refractivity contribution in [2.24, 2.45) is 0 Å². The molecule has 0 aromatic heterocycles. The number of fused-ring (bicyclic) bond motifs is 1. The zero-order valence-corrected chi connectivity index (χ0v) is 7.86. The molecular weight excluding hydrogens is 255 g/mol. The fourth-order valence-electron chi connectivity index (χ4n) is 0.933. The van der Waals surface area contributed by atoms with Crippen molar-refractivity contribution >= 4 is 20.2 Å². The molecule has 1 aromatic rings. The van der Waals surface area contributed by atoms with Crippen molar-refractivity contribution in [1.29, 1.82) is 0 Å². The van der Waals surface area contributed by atoms with Crippen LogP contribution < -0.4 is 3.07 Å². The molecule has 0 saturated carbocycles. The van der Waals surface area contributed by atoms with E-state index in [2.05, 4.69) is 5.92 Å². The van der Waals surface area contributed by atoms with Crippen LogP contribution in [0, 0.1) is 15.9 Å². The van der Waals surface area contributed by atoms with Crippen molar-refractivity contribution in [3.8, 4) is 18.1 Å². The summed E-state index contributed by atoms with van der Waals surface area (Å²) in [4.78, 5) is 0. The number of hydrogen-bond acceptors (Lipinski definition) is 2. The molecule has 1 heterocycles. The molecule has 0 aliphatic carbocycles. The van der Waals surface area contributed by atoms with Crippen LogP contribution in [0.15, 0.2) is 18.2 Å². The first-order chi connectivity index (χ1) is 5.33. The summed E-state index contributed by atoms with van der Waals surface area (Å²) in [5.41, 5.74) is 0.704. The van der Waals surface area contributed by atoms with E-state index < -0.39 is 20.2 Å². The van der Waals surface area contributed by atoms with Gasteiger partial charge in [-0.3, -0.25) is 0 Å². The number of halogens is 1. The Morgan fingerprint density at radius 1 is 1.55 bits per heavy atom. The van der Waals surface area contributed by atoms with E-state index in [9.17, 15) is 3.07 Å². The molecule has 11 heavy (non-hydrogen) atoms. The summed E-state index contributed by atoms with van der Waals surface area (Å²) in [5, 5.41) is 0. The Morgan fingerprint density at radius 2 is 2.36 bits per heavy atom. The van der Waals surface area contributed by atoms with Crippen LogP contribution >= 0.6 is 20.2 Å². The summed E-state index contributed by atoms with van der Waals surface area (Å²) in [5.74, 6) is 3.13. The number of terminal acetylenes is 1. The first kappa shape index (κ1) is 6.80. The third kappa shape index (κ3) is 0.862. The van der Waals surface area contributed by atoms with Crippen molar-refractivity contribution in [2.45, 2.75) is 0 Å². The van der Waals surface area contributed by atoms with Gasteiger partial charge in [-0.25, -0.2) is 0 Å². The maximum absolute atomic E-state index is 11.0. The molecular formula is C8H5IO2. The predicted octanol–water partition coefficient (Wildman–Crippen LogP) is 1.73. The second-order valence-corrected chi connectivity index (χ2v) is 5.17. The van der Waals surface area contributed by atoms with E-state index in [0.717, 1.165) is 3.57 Å². The van der Waals surface area contributed by atoms with Gasteiger partial charge in [0, 0.05) is 0 Å². The van der Waals surface area contributed by atoms with Gasteiger partial charge in [-0.2, -0.15) is 0 Å². The average Bonchev–Trinajstić information content (AvgIpc) is 2.03. The Hall–Kier alpha value is -0.890. The van der Waals surface area contributed by atoms with Crippen LogP contribution in [0.4, 0.5) is 0 Å². The molecule has 0 fully saturated rings. The topological polar surface area (TPSA) is 26.3 Å². The third-order valence-corrected chi connectivity index (χ3v) is 4.32. The number of hydrogen-bond donors (Lipinski definition) is 0. The van der Waals surface area contributed by atoms with Crippen molar-refractivity contribution in [2.75, 3.05) is 0 Å². The van der Waals surface area contributed by atoms with Gasteiger partial charge in [-0.05, 0) is 0 Å². The minimum absolute atomic E-state index is 0.654. The first-order valence-corrected chi connectivity index (χ1v) is 6.09. The molecule has 2 nitrogen and oxygen atoms in total. The van der Waals surface area contributed by atoms with E-state index in [1.807, 2.05) is 12.1 Å². The zero-order valence-electron chi connectivity index (χ0n) is 5.53. The normalized spacial score (nSPS) is 22.3. The quantitative estimate of drug-likeness (QED) is 0.524. The predicted molar refractivity (Wildman–Crippen MR) is 49.8 cm³/mol. The van der Waals surface area contributed by atoms with E-state index in [1.165, 1.54) is 0 Å². The van der Waals surface area contributed by atoms with Crippen molar-refractivity contribution in [3.05, 3.63) is 27.3 Å². The van der Waals surface area contributed by atoms with E-state index in [4.69, 9.17) is 9.49 Å². The summed E-state index contributed by atoms with van der Waals surface area (Å²) in [6, 6.07) is 5.40. The molecule has 0 spiro atoms. The summed E-state index contributed by atoms with van der Waals surface area (Å²) in [6.45, 7) is 0. The molecule has 1 unspecified atom stereocenters. The maximum atomic E-state index is 11.0. The Bertz CT molecular complexity index is 376. The zero-order chi connectivity index (χ0) is 7.84. The van der Waals surface area contributed by atoms with Gasteiger partial charge in [0.2, 0.25) is 0 Å². The van der Waals surface area contributed by atoms with E-state index in [-0.39, 0.29) is 0 Å². The van der Waals surface area contributed by atoms with Gasteiger partial charge in [0.15, 0.2) is 0 Å². The van der Waals surface area contributed by atoms with Crippen LogP contribution in [0.25, 0.3) is 0 Å². The molecule has 1 aliphatic heterocycles. The van der Waals surface area contributed by atoms with Crippen LogP contribution in [-0.4, -0.2) is 0 Å². The summed E-state index contributed by atoms with van der Waals surface area (Å²) in [6.07, 6.45) is 5.19. The Kier molecular flexibility index (Phi) is 1.43. The van der Waals surface area contributed by atoms with Gasteiger partial charge in [-0.1, -0.05) is 0 Å². The second-order valence-electron chi connectivity index (χ2n) is 2.10. The van der Waals surface area contributed by atoms with Crippen molar-refractivity contribution < 1.29 is 6.14 Å². The Morgan fingerprint density at radius 3 is 3.00 bits per heavy atom. The fourth-order valence-corrected chi connectivity index (χ4v) is 3.21. The molecule has 0 radical (unpaired) electrons. The monoisotopic (exact) mass is 260 g/mol. The van der Waals surface area contributed by atoms with Gasteiger partial charge in [-0.15, -0.1) is 0 Å². The van der Waals surface area contributed by atoms with E-state index >= 15 is 0 Å². The standard InChI is InChI=1S/C8H5IO2/c1-2-6-4-3-5-7-8(6)11-9(7)10/h1,3-5,9H. The Labute approximate surface area is 71.9 Å². The van der Waals surface area contributed by atoms with E-state index in [0.29, 0.717) is 11.3 Å². The van der Waals surface area contributed by atoms with Crippen LogP contribution in [0.5, 0.6) is 5.75 Å². The van der Waals surface area contributed by atoms with E-state index in [1.54, 1.807) is 6.07 Å².